The lowest BCUT2D eigenvalue weighted by Gasteiger charge is -2.16. The molecule has 1 N–H and O–H groups in total. The smallest absolute Gasteiger partial charge is 0.0815 e. The van der Waals surface area contributed by atoms with Gasteiger partial charge in [0.1, 0.15) is 0 Å². The molecule has 1 heterocycles. The van der Waals surface area contributed by atoms with Crippen LogP contribution in [0.5, 0.6) is 0 Å². The zero-order valence-electron chi connectivity index (χ0n) is 8.34. The maximum Gasteiger partial charge on any atom is 0.0815 e. The quantitative estimate of drug-likeness (QED) is 0.808. The van der Waals surface area contributed by atoms with Gasteiger partial charge in [0.2, 0.25) is 0 Å². The molecular formula is C9H16ClN3. The van der Waals surface area contributed by atoms with E-state index in [0.717, 1.165) is 23.7 Å². The van der Waals surface area contributed by atoms with Crippen molar-refractivity contribution in [2.45, 2.75) is 26.3 Å². The third kappa shape index (κ3) is 2.23. The molecule has 0 aliphatic heterocycles. The highest BCUT2D eigenvalue weighted by Crippen LogP contribution is 2.19. The normalized spacial score (nSPS) is 13.2. The lowest BCUT2D eigenvalue weighted by atomic mass is 10.2. The van der Waals surface area contributed by atoms with Crippen LogP contribution < -0.4 is 5.32 Å². The van der Waals surface area contributed by atoms with Crippen LogP contribution in [0.1, 0.15) is 25.1 Å². The molecular weight excluding hydrogens is 186 g/mol. The Morgan fingerprint density at radius 3 is 2.77 bits per heavy atom. The fourth-order valence-electron chi connectivity index (χ4n) is 1.41. The van der Waals surface area contributed by atoms with E-state index in [-0.39, 0.29) is 0 Å². The first-order chi connectivity index (χ1) is 6.20. The van der Waals surface area contributed by atoms with Gasteiger partial charge in [0.25, 0.3) is 0 Å². The number of nitrogens with zero attached hydrogens (tertiary/aromatic N) is 2. The van der Waals surface area contributed by atoms with Crippen molar-refractivity contribution in [2.75, 3.05) is 13.6 Å². The number of nitrogens with one attached hydrogen (secondary N) is 1. The Hall–Kier alpha value is -0.540. The van der Waals surface area contributed by atoms with Gasteiger partial charge in [0.15, 0.2) is 0 Å². The van der Waals surface area contributed by atoms with Crippen LogP contribution in [0.3, 0.4) is 0 Å². The molecule has 0 radical (unpaired) electrons. The van der Waals surface area contributed by atoms with E-state index in [1.807, 2.05) is 18.7 Å². The molecule has 0 saturated heterocycles. The largest absolute Gasteiger partial charge is 0.318 e. The molecule has 1 aromatic rings. The van der Waals surface area contributed by atoms with Gasteiger partial charge in [-0.1, -0.05) is 18.5 Å². The second kappa shape index (κ2) is 4.63. The summed E-state index contributed by atoms with van der Waals surface area (Å²) in [4.78, 5) is 0. The highest BCUT2D eigenvalue weighted by Gasteiger charge is 2.12. The molecule has 0 spiro atoms. The van der Waals surface area contributed by atoms with Gasteiger partial charge in [0.05, 0.1) is 23.0 Å². The second-order valence-corrected chi connectivity index (χ2v) is 3.55. The summed E-state index contributed by atoms with van der Waals surface area (Å²) < 4.78 is 1.98. The predicted molar refractivity (Wildman–Crippen MR) is 55.2 cm³/mol. The Morgan fingerprint density at radius 2 is 2.38 bits per heavy atom. The molecule has 0 aromatic carbocycles. The molecule has 0 saturated carbocycles. The van der Waals surface area contributed by atoms with Gasteiger partial charge < -0.3 is 5.32 Å². The standard InChI is InChI=1S/C9H16ClN3/c1-4-8(5-11-3)13-7(2)9(10)6-12-13/h6,8,11H,4-5H2,1-3H3. The Labute approximate surface area is 84.1 Å². The molecule has 74 valence electrons. The molecule has 1 atom stereocenters. The molecule has 0 bridgehead atoms. The lowest BCUT2D eigenvalue weighted by Crippen LogP contribution is -2.23. The molecule has 1 rings (SSSR count). The van der Waals surface area contributed by atoms with Gasteiger partial charge in [-0.2, -0.15) is 5.10 Å². The topological polar surface area (TPSA) is 29.9 Å². The zero-order chi connectivity index (χ0) is 9.84. The second-order valence-electron chi connectivity index (χ2n) is 3.14. The van der Waals surface area contributed by atoms with Gasteiger partial charge in [-0.05, 0) is 20.4 Å². The van der Waals surface area contributed by atoms with Gasteiger partial charge in [-0.3, -0.25) is 4.68 Å². The van der Waals surface area contributed by atoms with E-state index in [1.165, 1.54) is 0 Å². The van der Waals surface area contributed by atoms with E-state index in [9.17, 15) is 0 Å². The molecule has 1 unspecified atom stereocenters. The molecule has 1 aromatic heterocycles. The minimum Gasteiger partial charge on any atom is -0.318 e. The van der Waals surface area contributed by atoms with Crippen LogP contribution in [0, 0.1) is 6.92 Å². The minimum atomic E-state index is 0.400. The van der Waals surface area contributed by atoms with Crippen LogP contribution in [0.4, 0.5) is 0 Å². The van der Waals surface area contributed by atoms with Gasteiger partial charge in [0, 0.05) is 6.54 Å². The Bertz CT molecular complexity index is 270. The molecule has 0 aliphatic rings. The highest BCUT2D eigenvalue weighted by molar-refractivity contribution is 6.31. The van der Waals surface area contributed by atoms with Gasteiger partial charge in [-0.25, -0.2) is 0 Å². The first kappa shape index (κ1) is 10.5. The summed E-state index contributed by atoms with van der Waals surface area (Å²) in [6.07, 6.45) is 2.76. The van der Waals surface area contributed by atoms with E-state index >= 15 is 0 Å². The highest BCUT2D eigenvalue weighted by atomic mass is 35.5. The number of hydrogen-bond acceptors (Lipinski definition) is 2. The third-order valence-electron chi connectivity index (χ3n) is 2.24. The van der Waals surface area contributed by atoms with Crippen molar-refractivity contribution in [3.8, 4) is 0 Å². The summed E-state index contributed by atoms with van der Waals surface area (Å²) >= 11 is 5.93. The van der Waals surface area contributed by atoms with Crippen LogP contribution in [0.2, 0.25) is 5.02 Å². The van der Waals surface area contributed by atoms with Gasteiger partial charge >= 0.3 is 0 Å². The third-order valence-corrected chi connectivity index (χ3v) is 2.61. The van der Waals surface area contributed by atoms with Crippen molar-refractivity contribution in [3.05, 3.63) is 16.9 Å². The number of halogens is 1. The van der Waals surface area contributed by atoms with E-state index in [4.69, 9.17) is 11.6 Å². The van der Waals surface area contributed by atoms with Crippen LogP contribution in [0.25, 0.3) is 0 Å². The predicted octanol–water partition coefficient (Wildman–Crippen LogP) is 2.02. The van der Waals surface area contributed by atoms with E-state index < -0.39 is 0 Å². The Morgan fingerprint density at radius 1 is 1.69 bits per heavy atom. The summed E-state index contributed by atoms with van der Waals surface area (Å²) in [6, 6.07) is 0.400. The van der Waals surface area contributed by atoms with E-state index in [1.54, 1.807) is 6.20 Å². The summed E-state index contributed by atoms with van der Waals surface area (Å²) in [5, 5.41) is 8.14. The number of rotatable bonds is 4. The van der Waals surface area contributed by atoms with E-state index in [2.05, 4.69) is 17.3 Å². The summed E-state index contributed by atoms with van der Waals surface area (Å²) in [5.41, 5.74) is 1.05. The SMILES string of the molecule is CCC(CNC)n1ncc(Cl)c1C. The summed E-state index contributed by atoms with van der Waals surface area (Å²) in [6.45, 7) is 5.07. The number of aromatic nitrogens is 2. The van der Waals surface area contributed by atoms with Crippen molar-refractivity contribution in [3.63, 3.8) is 0 Å². The Balaban J connectivity index is 2.84. The fourth-order valence-corrected chi connectivity index (χ4v) is 1.54. The summed E-state index contributed by atoms with van der Waals surface area (Å²) in [5.74, 6) is 0. The van der Waals surface area contributed by atoms with Crippen LogP contribution >= 0.6 is 11.6 Å². The first-order valence-electron chi connectivity index (χ1n) is 4.54. The van der Waals surface area contributed by atoms with Crippen LogP contribution in [-0.2, 0) is 0 Å². The molecule has 0 fully saturated rings. The van der Waals surface area contributed by atoms with E-state index in [0.29, 0.717) is 6.04 Å². The van der Waals surface area contributed by atoms with Crippen molar-refractivity contribution in [1.82, 2.24) is 15.1 Å². The van der Waals surface area contributed by atoms with Crippen molar-refractivity contribution in [1.29, 1.82) is 0 Å². The molecule has 4 heteroatoms. The molecule has 3 nitrogen and oxygen atoms in total. The lowest BCUT2D eigenvalue weighted by molar-refractivity contribution is 0.417. The van der Waals surface area contributed by atoms with Crippen molar-refractivity contribution < 1.29 is 0 Å². The zero-order valence-corrected chi connectivity index (χ0v) is 9.10. The van der Waals surface area contributed by atoms with Gasteiger partial charge in [-0.15, -0.1) is 0 Å². The number of likely N-dealkylation sites (N-methyl/N-ethyl adjacent to an activating group) is 1. The monoisotopic (exact) mass is 201 g/mol. The molecule has 0 aliphatic carbocycles. The summed E-state index contributed by atoms with van der Waals surface area (Å²) in [7, 11) is 1.95. The molecule has 0 amide bonds. The minimum absolute atomic E-state index is 0.400. The molecule has 13 heavy (non-hydrogen) atoms. The average Bonchev–Trinajstić information content (AvgIpc) is 2.45. The van der Waals surface area contributed by atoms with Crippen molar-refractivity contribution >= 4 is 11.6 Å². The first-order valence-corrected chi connectivity index (χ1v) is 4.92. The van der Waals surface area contributed by atoms with Crippen molar-refractivity contribution in [2.24, 2.45) is 0 Å². The fraction of sp³-hybridized carbons (Fsp3) is 0.667. The maximum atomic E-state index is 5.93. The Kier molecular flexibility index (Phi) is 3.75. The van der Waals surface area contributed by atoms with Crippen LogP contribution in [-0.4, -0.2) is 23.4 Å². The maximum absolute atomic E-state index is 5.93. The number of hydrogen-bond donors (Lipinski definition) is 1. The van der Waals surface area contributed by atoms with Crippen LogP contribution in [0.15, 0.2) is 6.20 Å². The average molecular weight is 202 g/mol.